The van der Waals surface area contributed by atoms with Crippen LogP contribution in [0.15, 0.2) is 41.0 Å². The van der Waals surface area contributed by atoms with Crippen molar-refractivity contribution in [2.24, 2.45) is 0 Å². The van der Waals surface area contributed by atoms with Crippen molar-refractivity contribution in [3.8, 4) is 0 Å². The summed E-state index contributed by atoms with van der Waals surface area (Å²) in [6.07, 6.45) is -1.17. The number of alkyl halides is 3. The first-order valence-electron chi connectivity index (χ1n) is 11.1. The maximum absolute atomic E-state index is 13.8. The summed E-state index contributed by atoms with van der Waals surface area (Å²) in [7, 11) is 0. The number of aryl methyl sites for hydroxylation is 2. The first-order valence-corrected chi connectivity index (χ1v) is 11.9. The molecule has 7 nitrogen and oxygen atoms in total. The summed E-state index contributed by atoms with van der Waals surface area (Å²) in [5, 5.41) is 11.3. The van der Waals surface area contributed by atoms with Gasteiger partial charge in [0.05, 0.1) is 27.7 Å². The van der Waals surface area contributed by atoms with Crippen LogP contribution in [0.25, 0.3) is 11.0 Å². The minimum atomic E-state index is -4.54. The molecule has 1 N–H and O–H groups in total. The van der Waals surface area contributed by atoms with E-state index in [1.54, 1.807) is 10.9 Å². The van der Waals surface area contributed by atoms with Gasteiger partial charge in [-0.2, -0.15) is 23.4 Å². The molecule has 0 aliphatic heterocycles. The Hall–Kier alpha value is -3.21. The van der Waals surface area contributed by atoms with Gasteiger partial charge in [0.15, 0.2) is 11.5 Å². The van der Waals surface area contributed by atoms with E-state index in [1.807, 2.05) is 31.2 Å². The molecular weight excluding hydrogens is 525 g/mol. The van der Waals surface area contributed by atoms with Crippen molar-refractivity contribution in [1.29, 1.82) is 0 Å². The number of carbonyl (C=O) groups excluding carboxylic acids is 1. The number of fused-ring (bicyclic) bond motifs is 1. The Morgan fingerprint density at radius 1 is 1.17 bits per heavy atom. The lowest BCUT2D eigenvalue weighted by atomic mass is 10.1. The summed E-state index contributed by atoms with van der Waals surface area (Å²) >= 11 is 3.41. The van der Waals surface area contributed by atoms with Gasteiger partial charge < -0.3 is 5.32 Å². The molecule has 1 aliphatic rings. The maximum Gasteiger partial charge on any atom is 0.417 e. The first-order chi connectivity index (χ1) is 16.6. The number of anilines is 1. The van der Waals surface area contributed by atoms with Crippen LogP contribution in [0.3, 0.4) is 0 Å². The van der Waals surface area contributed by atoms with Gasteiger partial charge in [-0.1, -0.05) is 29.8 Å². The number of rotatable bonds is 6. The summed E-state index contributed by atoms with van der Waals surface area (Å²) in [5.41, 5.74) is 2.10. The minimum Gasteiger partial charge on any atom is -0.307 e. The van der Waals surface area contributed by atoms with Crippen LogP contribution >= 0.6 is 15.9 Å². The first kappa shape index (κ1) is 23.5. The van der Waals surface area contributed by atoms with Crippen molar-refractivity contribution >= 4 is 38.7 Å². The Bertz CT molecular complexity index is 1420. The van der Waals surface area contributed by atoms with E-state index < -0.39 is 17.6 Å². The van der Waals surface area contributed by atoms with Gasteiger partial charge in [-0.3, -0.25) is 9.48 Å². The molecule has 5 rings (SSSR count). The van der Waals surface area contributed by atoms with E-state index in [0.717, 1.165) is 30.0 Å². The van der Waals surface area contributed by atoms with Gasteiger partial charge in [-0.15, -0.1) is 0 Å². The maximum atomic E-state index is 13.8. The van der Waals surface area contributed by atoms with E-state index in [1.165, 1.54) is 11.6 Å². The minimum absolute atomic E-state index is 0.0198. The molecule has 1 fully saturated rings. The Morgan fingerprint density at radius 3 is 2.54 bits per heavy atom. The van der Waals surface area contributed by atoms with Gasteiger partial charge >= 0.3 is 6.18 Å². The highest BCUT2D eigenvalue weighted by Crippen LogP contribution is 2.43. The number of nitrogens with one attached hydrogen (secondary N) is 1. The fourth-order valence-corrected chi connectivity index (χ4v) is 4.46. The van der Waals surface area contributed by atoms with Crippen LogP contribution < -0.4 is 5.32 Å². The Kier molecular flexibility index (Phi) is 5.90. The van der Waals surface area contributed by atoms with Crippen LogP contribution in [-0.2, 0) is 24.1 Å². The van der Waals surface area contributed by atoms with Crippen LogP contribution in [0.2, 0.25) is 0 Å². The SMILES string of the molecule is Cc1ccc(Cn2cc(Br)c(NC(=O)Cn3nc(C)c4c(C(F)(F)F)cc(C5CC5)nc43)n2)cc1. The largest absolute Gasteiger partial charge is 0.417 e. The van der Waals surface area contributed by atoms with Gasteiger partial charge in [-0.05, 0) is 54.2 Å². The van der Waals surface area contributed by atoms with E-state index in [-0.39, 0.29) is 29.2 Å². The fraction of sp³-hybridized carbons (Fsp3) is 0.333. The van der Waals surface area contributed by atoms with Crippen LogP contribution in [0.4, 0.5) is 19.0 Å². The van der Waals surface area contributed by atoms with Gasteiger partial charge in [0, 0.05) is 17.8 Å². The molecule has 0 spiro atoms. The average molecular weight is 547 g/mol. The molecule has 1 aromatic carbocycles. The second-order valence-electron chi connectivity index (χ2n) is 8.87. The highest BCUT2D eigenvalue weighted by atomic mass is 79.9. The highest BCUT2D eigenvalue weighted by molar-refractivity contribution is 9.10. The van der Waals surface area contributed by atoms with E-state index in [9.17, 15) is 18.0 Å². The third-order valence-corrected chi connectivity index (χ3v) is 6.51. The number of carbonyl (C=O) groups is 1. The molecule has 11 heteroatoms. The smallest absolute Gasteiger partial charge is 0.307 e. The van der Waals surface area contributed by atoms with Gasteiger partial charge in [0.2, 0.25) is 5.91 Å². The molecule has 1 amide bonds. The molecule has 0 unspecified atom stereocenters. The third kappa shape index (κ3) is 4.95. The van der Waals surface area contributed by atoms with E-state index in [2.05, 4.69) is 36.4 Å². The zero-order valence-electron chi connectivity index (χ0n) is 19.0. The number of hydrogen-bond acceptors (Lipinski definition) is 4. The monoisotopic (exact) mass is 546 g/mol. The van der Waals surface area contributed by atoms with Gasteiger partial charge in [0.1, 0.15) is 6.54 Å². The zero-order chi connectivity index (χ0) is 24.9. The lowest BCUT2D eigenvalue weighted by Gasteiger charge is -2.11. The number of halogens is 4. The van der Waals surface area contributed by atoms with E-state index >= 15 is 0 Å². The summed E-state index contributed by atoms with van der Waals surface area (Å²) in [4.78, 5) is 17.3. The summed E-state index contributed by atoms with van der Waals surface area (Å²) in [6.45, 7) is 3.73. The predicted octanol–water partition coefficient (Wildman–Crippen LogP) is 5.59. The topological polar surface area (TPSA) is 77.6 Å². The lowest BCUT2D eigenvalue weighted by Crippen LogP contribution is -2.20. The van der Waals surface area contributed by atoms with E-state index in [0.29, 0.717) is 22.5 Å². The predicted molar refractivity (Wildman–Crippen MR) is 128 cm³/mol. The Morgan fingerprint density at radius 2 is 1.89 bits per heavy atom. The number of aromatic nitrogens is 5. The number of nitrogens with zero attached hydrogens (tertiary/aromatic N) is 5. The lowest BCUT2D eigenvalue weighted by molar-refractivity contribution is -0.136. The molecule has 3 heterocycles. The Labute approximate surface area is 207 Å². The van der Waals surface area contributed by atoms with Gasteiger partial charge in [0.25, 0.3) is 0 Å². The second-order valence-corrected chi connectivity index (χ2v) is 9.72. The molecular formula is C24H22BrF3N6O. The summed E-state index contributed by atoms with van der Waals surface area (Å²) in [6, 6.07) is 9.16. The van der Waals surface area contributed by atoms with Crippen LogP contribution in [0, 0.1) is 13.8 Å². The third-order valence-electron chi connectivity index (χ3n) is 5.93. The molecule has 0 bridgehead atoms. The molecule has 0 radical (unpaired) electrons. The van der Waals surface area contributed by atoms with Crippen molar-refractivity contribution in [1.82, 2.24) is 24.5 Å². The number of benzene rings is 1. The molecule has 0 atom stereocenters. The molecule has 35 heavy (non-hydrogen) atoms. The van der Waals surface area contributed by atoms with Crippen LogP contribution in [0.5, 0.6) is 0 Å². The summed E-state index contributed by atoms with van der Waals surface area (Å²) < 4.78 is 44.9. The fourth-order valence-electron chi connectivity index (χ4n) is 4.05. The number of amides is 1. The van der Waals surface area contributed by atoms with Crippen molar-refractivity contribution in [3.63, 3.8) is 0 Å². The molecule has 0 saturated heterocycles. The van der Waals surface area contributed by atoms with Crippen molar-refractivity contribution < 1.29 is 18.0 Å². The van der Waals surface area contributed by atoms with Crippen molar-refractivity contribution in [2.75, 3.05) is 5.32 Å². The van der Waals surface area contributed by atoms with Crippen LogP contribution in [0.1, 0.15) is 46.8 Å². The molecule has 4 aromatic rings. The number of hydrogen-bond donors (Lipinski definition) is 1. The quantitative estimate of drug-likeness (QED) is 0.342. The number of pyridine rings is 1. The molecule has 1 aliphatic carbocycles. The second kappa shape index (κ2) is 8.78. The standard InChI is InChI=1S/C24H22BrF3N6O/c1-13-3-5-15(6-4-13)10-33-11-18(25)22(32-33)30-20(35)12-34-23-21(14(2)31-34)17(24(26,27)28)9-19(29-23)16-7-8-16/h3-6,9,11,16H,7-8,10,12H2,1-2H3,(H,30,32,35). The van der Waals surface area contributed by atoms with Gasteiger partial charge in [-0.25, -0.2) is 9.67 Å². The van der Waals surface area contributed by atoms with Crippen molar-refractivity contribution in [3.05, 3.63) is 69.1 Å². The summed E-state index contributed by atoms with van der Waals surface area (Å²) in [5.74, 6) is -0.132. The molecule has 182 valence electrons. The normalized spacial score (nSPS) is 14.0. The Balaban J connectivity index is 1.38. The van der Waals surface area contributed by atoms with Crippen LogP contribution in [-0.4, -0.2) is 30.5 Å². The zero-order valence-corrected chi connectivity index (χ0v) is 20.6. The molecule has 3 aromatic heterocycles. The molecule has 1 saturated carbocycles. The van der Waals surface area contributed by atoms with E-state index in [4.69, 9.17) is 0 Å². The highest BCUT2D eigenvalue weighted by Gasteiger charge is 2.37. The van der Waals surface area contributed by atoms with Crippen molar-refractivity contribution in [2.45, 2.75) is 51.9 Å². The average Bonchev–Trinajstić information content (AvgIpc) is 3.52.